The standard InChI is InChI=1S/C22H35IN2O2Si/c1-9-26-15-18-24-20(23)19(17-13-11-10-12-14-17)25(18)16-22(5,6)27-28(7,8)21(2,3)4/h10-14H,9,15-16H2,1-8H3. The molecular weight excluding hydrogens is 479 g/mol. The molecule has 2 rings (SSSR count). The fourth-order valence-corrected chi connectivity index (χ4v) is 5.70. The Labute approximate surface area is 185 Å². The first-order valence-corrected chi connectivity index (χ1v) is 13.9. The summed E-state index contributed by atoms with van der Waals surface area (Å²) >= 11 is 2.34. The van der Waals surface area contributed by atoms with Crippen molar-refractivity contribution in [1.29, 1.82) is 0 Å². The third-order valence-electron chi connectivity index (χ3n) is 5.36. The molecule has 4 nitrogen and oxygen atoms in total. The van der Waals surface area contributed by atoms with Gasteiger partial charge in [-0.25, -0.2) is 4.98 Å². The van der Waals surface area contributed by atoms with E-state index < -0.39 is 8.32 Å². The number of ether oxygens (including phenoxy) is 1. The summed E-state index contributed by atoms with van der Waals surface area (Å²) in [6.45, 7) is 19.8. The van der Waals surface area contributed by atoms with Crippen LogP contribution in [-0.2, 0) is 22.3 Å². The molecule has 0 aliphatic carbocycles. The van der Waals surface area contributed by atoms with Gasteiger partial charge in [0.1, 0.15) is 16.1 Å². The third kappa shape index (κ3) is 5.68. The summed E-state index contributed by atoms with van der Waals surface area (Å²) < 4.78 is 15.8. The number of imidazole rings is 1. The molecule has 0 bridgehead atoms. The van der Waals surface area contributed by atoms with E-state index in [4.69, 9.17) is 14.1 Å². The lowest BCUT2D eigenvalue weighted by Gasteiger charge is -2.43. The summed E-state index contributed by atoms with van der Waals surface area (Å²) in [5.74, 6) is 0.956. The molecule has 0 amide bonds. The number of rotatable bonds is 8. The van der Waals surface area contributed by atoms with Crippen LogP contribution < -0.4 is 0 Å². The second-order valence-electron chi connectivity index (χ2n) is 9.38. The van der Waals surface area contributed by atoms with Crippen LogP contribution in [0.3, 0.4) is 0 Å². The average Bonchev–Trinajstić information content (AvgIpc) is 2.86. The SMILES string of the molecule is CCOCc1nc(I)c(-c2ccccc2)n1CC(C)(C)O[Si](C)(C)C(C)(C)C. The van der Waals surface area contributed by atoms with Crippen molar-refractivity contribution in [3.63, 3.8) is 0 Å². The van der Waals surface area contributed by atoms with Gasteiger partial charge in [0, 0.05) is 12.2 Å². The summed E-state index contributed by atoms with van der Waals surface area (Å²) in [7, 11) is -1.89. The van der Waals surface area contributed by atoms with Crippen molar-refractivity contribution in [3.05, 3.63) is 39.9 Å². The molecule has 1 aromatic heterocycles. The van der Waals surface area contributed by atoms with Gasteiger partial charge in [-0.1, -0.05) is 51.1 Å². The Balaban J connectivity index is 2.44. The molecule has 2 aromatic rings. The van der Waals surface area contributed by atoms with Crippen LogP contribution in [0, 0.1) is 3.70 Å². The topological polar surface area (TPSA) is 36.3 Å². The van der Waals surface area contributed by atoms with Gasteiger partial charge in [0.05, 0.1) is 17.8 Å². The maximum atomic E-state index is 6.80. The van der Waals surface area contributed by atoms with Crippen LogP contribution in [0.4, 0.5) is 0 Å². The van der Waals surface area contributed by atoms with Gasteiger partial charge in [0.2, 0.25) is 0 Å². The van der Waals surface area contributed by atoms with Gasteiger partial charge in [-0.3, -0.25) is 0 Å². The predicted octanol–water partition coefficient (Wildman–Crippen LogP) is 6.49. The first-order chi connectivity index (χ1) is 12.9. The highest BCUT2D eigenvalue weighted by atomic mass is 127. The highest BCUT2D eigenvalue weighted by Gasteiger charge is 2.42. The molecule has 0 spiro atoms. The predicted molar refractivity (Wildman–Crippen MR) is 128 cm³/mol. The number of nitrogens with zero attached hydrogens (tertiary/aromatic N) is 2. The summed E-state index contributed by atoms with van der Waals surface area (Å²) in [5.41, 5.74) is 2.00. The van der Waals surface area contributed by atoms with Crippen molar-refractivity contribution in [2.75, 3.05) is 6.61 Å². The zero-order valence-corrected chi connectivity index (χ0v) is 21.8. The van der Waals surface area contributed by atoms with Crippen molar-refractivity contribution in [3.8, 4) is 11.3 Å². The van der Waals surface area contributed by atoms with Crippen LogP contribution in [-0.4, -0.2) is 30.1 Å². The minimum absolute atomic E-state index is 0.171. The van der Waals surface area contributed by atoms with E-state index in [1.165, 1.54) is 5.56 Å². The number of benzene rings is 1. The fourth-order valence-electron chi connectivity index (χ4n) is 3.07. The molecule has 0 aliphatic rings. The Morgan fingerprint density at radius 1 is 1.07 bits per heavy atom. The molecule has 28 heavy (non-hydrogen) atoms. The molecule has 0 saturated heterocycles. The molecule has 6 heteroatoms. The van der Waals surface area contributed by atoms with E-state index in [1.54, 1.807) is 0 Å². The number of hydrogen-bond donors (Lipinski definition) is 0. The largest absolute Gasteiger partial charge is 0.410 e. The normalized spacial score (nSPS) is 13.2. The maximum Gasteiger partial charge on any atom is 0.192 e. The van der Waals surface area contributed by atoms with Gasteiger partial charge >= 0.3 is 0 Å². The number of halogens is 1. The molecule has 0 fully saturated rings. The van der Waals surface area contributed by atoms with Gasteiger partial charge in [-0.15, -0.1) is 0 Å². The van der Waals surface area contributed by atoms with E-state index in [0.717, 1.165) is 21.8 Å². The van der Waals surface area contributed by atoms with E-state index >= 15 is 0 Å². The van der Waals surface area contributed by atoms with Crippen molar-refractivity contribution >= 4 is 30.9 Å². The smallest absolute Gasteiger partial charge is 0.192 e. The zero-order valence-electron chi connectivity index (χ0n) is 18.6. The molecule has 1 heterocycles. The average molecular weight is 515 g/mol. The Hall–Kier alpha value is -0.703. The lowest BCUT2D eigenvalue weighted by molar-refractivity contribution is 0.0681. The number of aromatic nitrogens is 2. The molecule has 156 valence electrons. The van der Waals surface area contributed by atoms with E-state index in [0.29, 0.717) is 13.2 Å². The fraction of sp³-hybridized carbons (Fsp3) is 0.591. The third-order valence-corrected chi connectivity index (χ3v) is 10.8. The molecular formula is C22H35IN2O2Si. The van der Waals surface area contributed by atoms with E-state index in [2.05, 4.69) is 99.1 Å². The van der Waals surface area contributed by atoms with Gasteiger partial charge in [0.25, 0.3) is 0 Å². The molecule has 0 atom stereocenters. The van der Waals surface area contributed by atoms with Gasteiger partial charge < -0.3 is 13.7 Å². The van der Waals surface area contributed by atoms with Crippen molar-refractivity contribution in [2.45, 2.75) is 78.4 Å². The maximum absolute atomic E-state index is 6.80. The Morgan fingerprint density at radius 2 is 1.68 bits per heavy atom. The molecule has 0 unspecified atom stereocenters. The second kappa shape index (κ2) is 8.98. The van der Waals surface area contributed by atoms with Crippen molar-refractivity contribution < 1.29 is 9.16 Å². The second-order valence-corrected chi connectivity index (χ2v) is 15.1. The number of hydrogen-bond acceptors (Lipinski definition) is 3. The molecule has 0 radical (unpaired) electrons. The minimum atomic E-state index is -1.89. The molecule has 0 N–H and O–H groups in total. The molecule has 0 aliphatic heterocycles. The van der Waals surface area contributed by atoms with Crippen molar-refractivity contribution in [2.24, 2.45) is 0 Å². The van der Waals surface area contributed by atoms with Gasteiger partial charge in [-0.2, -0.15) is 0 Å². The van der Waals surface area contributed by atoms with Crippen LogP contribution in [0.15, 0.2) is 30.3 Å². The summed E-state index contributed by atoms with van der Waals surface area (Å²) in [6, 6.07) is 10.5. The van der Waals surface area contributed by atoms with E-state index in [1.807, 2.05) is 13.0 Å². The first kappa shape index (κ1) is 23.6. The van der Waals surface area contributed by atoms with Gasteiger partial charge in [0.15, 0.2) is 8.32 Å². The van der Waals surface area contributed by atoms with Crippen molar-refractivity contribution in [1.82, 2.24) is 9.55 Å². The Morgan fingerprint density at radius 3 is 2.21 bits per heavy atom. The lowest BCUT2D eigenvalue weighted by Crippen LogP contribution is -2.49. The summed E-state index contributed by atoms with van der Waals surface area (Å²) in [6.07, 6.45) is 0. The van der Waals surface area contributed by atoms with Crippen LogP contribution >= 0.6 is 22.6 Å². The molecule has 1 aromatic carbocycles. The zero-order chi connectivity index (χ0) is 21.2. The monoisotopic (exact) mass is 514 g/mol. The quantitative estimate of drug-likeness (QED) is 0.298. The summed E-state index contributed by atoms with van der Waals surface area (Å²) in [5, 5.41) is 0.171. The first-order valence-electron chi connectivity index (χ1n) is 9.96. The van der Waals surface area contributed by atoms with Crippen LogP contribution in [0.2, 0.25) is 18.1 Å². The van der Waals surface area contributed by atoms with Crippen LogP contribution in [0.1, 0.15) is 47.4 Å². The van der Waals surface area contributed by atoms with E-state index in [-0.39, 0.29) is 10.6 Å². The Bertz CT molecular complexity index is 780. The highest BCUT2D eigenvalue weighted by Crippen LogP contribution is 2.40. The van der Waals surface area contributed by atoms with Crippen LogP contribution in [0.5, 0.6) is 0 Å². The van der Waals surface area contributed by atoms with Gasteiger partial charge in [-0.05, 0) is 61.5 Å². The summed E-state index contributed by atoms with van der Waals surface area (Å²) in [4.78, 5) is 4.83. The molecule has 0 saturated carbocycles. The Kier molecular flexibility index (Phi) is 7.56. The lowest BCUT2D eigenvalue weighted by atomic mass is 10.1. The van der Waals surface area contributed by atoms with Crippen LogP contribution in [0.25, 0.3) is 11.3 Å². The minimum Gasteiger partial charge on any atom is -0.410 e. The highest BCUT2D eigenvalue weighted by molar-refractivity contribution is 14.1. The van der Waals surface area contributed by atoms with E-state index in [9.17, 15) is 0 Å².